The van der Waals surface area contributed by atoms with E-state index in [4.69, 9.17) is 4.98 Å². The molecule has 114 valence electrons. The molecule has 0 unspecified atom stereocenters. The molecule has 2 aromatic heterocycles. The van der Waals surface area contributed by atoms with E-state index < -0.39 is 0 Å². The van der Waals surface area contributed by atoms with Gasteiger partial charge in [0.2, 0.25) is 0 Å². The van der Waals surface area contributed by atoms with E-state index in [-0.39, 0.29) is 6.61 Å². The highest BCUT2D eigenvalue weighted by Gasteiger charge is 2.14. The minimum atomic E-state index is 0.0624. The van der Waals surface area contributed by atoms with Gasteiger partial charge in [0.05, 0.1) is 12.3 Å². The van der Waals surface area contributed by atoms with Gasteiger partial charge in [-0.15, -0.1) is 11.3 Å². The van der Waals surface area contributed by atoms with Crippen molar-refractivity contribution in [2.75, 3.05) is 11.9 Å². The number of aliphatic hydroxyl groups excluding tert-OH is 1. The van der Waals surface area contributed by atoms with E-state index in [0.29, 0.717) is 0 Å². The SMILES string of the molecule is OCc1ccc2c(c1)NCC(c1csc(-c3ccncc3)n1)=C2. The number of aliphatic hydroxyl groups is 1. The molecule has 5 heteroatoms. The molecule has 0 saturated carbocycles. The summed E-state index contributed by atoms with van der Waals surface area (Å²) >= 11 is 1.64. The van der Waals surface area contributed by atoms with Crippen LogP contribution in [0.25, 0.3) is 22.2 Å². The summed E-state index contributed by atoms with van der Waals surface area (Å²) in [4.78, 5) is 8.80. The van der Waals surface area contributed by atoms with Crippen molar-refractivity contribution in [2.45, 2.75) is 6.61 Å². The predicted octanol–water partition coefficient (Wildman–Crippen LogP) is 3.66. The lowest BCUT2D eigenvalue weighted by Gasteiger charge is -2.18. The van der Waals surface area contributed by atoms with Crippen LogP contribution in [0.5, 0.6) is 0 Å². The molecule has 0 fully saturated rings. The number of nitrogens with zero attached hydrogens (tertiary/aromatic N) is 2. The van der Waals surface area contributed by atoms with Crippen LogP contribution in [-0.4, -0.2) is 21.6 Å². The molecule has 2 N–H and O–H groups in total. The Labute approximate surface area is 138 Å². The van der Waals surface area contributed by atoms with E-state index in [9.17, 15) is 5.11 Å². The van der Waals surface area contributed by atoms with E-state index in [1.165, 1.54) is 5.57 Å². The van der Waals surface area contributed by atoms with E-state index in [1.807, 2.05) is 30.3 Å². The highest BCUT2D eigenvalue weighted by Crippen LogP contribution is 2.32. The quantitative estimate of drug-likeness (QED) is 0.773. The summed E-state index contributed by atoms with van der Waals surface area (Å²) in [6, 6.07) is 9.92. The van der Waals surface area contributed by atoms with Gasteiger partial charge < -0.3 is 10.4 Å². The fourth-order valence-corrected chi connectivity index (χ4v) is 3.47. The Morgan fingerprint density at radius 1 is 1.17 bits per heavy atom. The number of benzene rings is 1. The molecule has 4 nitrogen and oxygen atoms in total. The van der Waals surface area contributed by atoms with Crippen LogP contribution in [0.2, 0.25) is 0 Å². The predicted molar refractivity (Wildman–Crippen MR) is 94.1 cm³/mol. The molecule has 0 bridgehead atoms. The number of aromatic nitrogens is 2. The van der Waals surface area contributed by atoms with Crippen molar-refractivity contribution in [3.8, 4) is 10.6 Å². The Kier molecular flexibility index (Phi) is 3.65. The van der Waals surface area contributed by atoms with Gasteiger partial charge in [-0.05, 0) is 41.0 Å². The number of anilines is 1. The highest BCUT2D eigenvalue weighted by molar-refractivity contribution is 7.13. The molecular weight excluding hydrogens is 306 g/mol. The first-order valence-electron chi connectivity index (χ1n) is 7.38. The molecule has 0 radical (unpaired) electrons. The summed E-state index contributed by atoms with van der Waals surface area (Å²) in [6.45, 7) is 0.800. The molecule has 3 aromatic rings. The average molecular weight is 321 g/mol. The third-order valence-electron chi connectivity index (χ3n) is 3.86. The van der Waals surface area contributed by atoms with Gasteiger partial charge in [0, 0.05) is 35.6 Å². The number of hydrogen-bond donors (Lipinski definition) is 2. The largest absolute Gasteiger partial charge is 0.392 e. The van der Waals surface area contributed by atoms with Gasteiger partial charge in [0.25, 0.3) is 0 Å². The van der Waals surface area contributed by atoms with E-state index >= 15 is 0 Å². The molecule has 0 spiro atoms. The summed E-state index contributed by atoms with van der Waals surface area (Å²) in [6.07, 6.45) is 5.73. The highest BCUT2D eigenvalue weighted by atomic mass is 32.1. The summed E-state index contributed by atoms with van der Waals surface area (Å²) in [5.41, 5.74) is 6.37. The lowest BCUT2D eigenvalue weighted by atomic mass is 10.0. The van der Waals surface area contributed by atoms with Crippen LogP contribution in [0, 0.1) is 0 Å². The summed E-state index contributed by atoms with van der Waals surface area (Å²) in [5.74, 6) is 0. The first-order valence-corrected chi connectivity index (χ1v) is 8.26. The molecule has 3 heterocycles. The zero-order chi connectivity index (χ0) is 15.6. The molecule has 1 aliphatic heterocycles. The topological polar surface area (TPSA) is 58.0 Å². The first-order chi connectivity index (χ1) is 11.3. The fourth-order valence-electron chi connectivity index (χ4n) is 2.62. The zero-order valence-corrected chi connectivity index (χ0v) is 13.2. The van der Waals surface area contributed by atoms with Crippen molar-refractivity contribution in [3.05, 3.63) is 64.9 Å². The molecule has 1 aromatic carbocycles. The molecule has 1 aliphatic rings. The maximum Gasteiger partial charge on any atom is 0.124 e. The Bertz CT molecular complexity index is 871. The number of fused-ring (bicyclic) bond motifs is 1. The van der Waals surface area contributed by atoms with Gasteiger partial charge in [-0.1, -0.05) is 12.1 Å². The van der Waals surface area contributed by atoms with Gasteiger partial charge in [-0.25, -0.2) is 4.98 Å². The lowest BCUT2D eigenvalue weighted by Crippen LogP contribution is -2.10. The van der Waals surface area contributed by atoms with Crippen LogP contribution >= 0.6 is 11.3 Å². The number of pyridine rings is 1. The van der Waals surface area contributed by atoms with Crippen molar-refractivity contribution in [1.82, 2.24) is 9.97 Å². The van der Waals surface area contributed by atoms with Crippen LogP contribution in [0.3, 0.4) is 0 Å². The molecule has 0 aliphatic carbocycles. The number of thiazole rings is 1. The van der Waals surface area contributed by atoms with Crippen molar-refractivity contribution >= 4 is 28.7 Å². The molecular formula is C18H15N3OS. The maximum absolute atomic E-state index is 9.22. The lowest BCUT2D eigenvalue weighted by molar-refractivity contribution is 0.282. The van der Waals surface area contributed by atoms with Gasteiger partial charge >= 0.3 is 0 Å². The third kappa shape index (κ3) is 2.76. The standard InChI is InChI=1S/C18H15N3OS/c22-10-12-1-2-14-8-15(9-20-16(14)7-12)17-11-23-18(21-17)13-3-5-19-6-4-13/h1-8,11,20,22H,9-10H2. The van der Waals surface area contributed by atoms with E-state index in [0.717, 1.165) is 39.6 Å². The van der Waals surface area contributed by atoms with Gasteiger partial charge in [0.1, 0.15) is 5.01 Å². The van der Waals surface area contributed by atoms with Crippen LogP contribution in [0.1, 0.15) is 16.8 Å². The average Bonchev–Trinajstić information content (AvgIpc) is 3.11. The third-order valence-corrected chi connectivity index (χ3v) is 4.75. The monoisotopic (exact) mass is 321 g/mol. The molecule has 0 amide bonds. The minimum Gasteiger partial charge on any atom is -0.392 e. The summed E-state index contributed by atoms with van der Waals surface area (Å²) in [5, 5.41) is 15.7. The summed E-state index contributed by atoms with van der Waals surface area (Å²) < 4.78 is 0. The van der Waals surface area contributed by atoms with E-state index in [2.05, 4.69) is 21.8 Å². The van der Waals surface area contributed by atoms with Gasteiger partial charge in [-0.3, -0.25) is 4.98 Å². The maximum atomic E-state index is 9.22. The Morgan fingerprint density at radius 3 is 2.87 bits per heavy atom. The second-order valence-electron chi connectivity index (χ2n) is 5.38. The smallest absolute Gasteiger partial charge is 0.124 e. The van der Waals surface area contributed by atoms with Gasteiger partial charge in [0.15, 0.2) is 0 Å². The van der Waals surface area contributed by atoms with E-state index in [1.54, 1.807) is 23.7 Å². The molecule has 0 saturated heterocycles. The second kappa shape index (κ2) is 5.95. The minimum absolute atomic E-state index is 0.0624. The Hall–Kier alpha value is -2.50. The van der Waals surface area contributed by atoms with Crippen molar-refractivity contribution in [1.29, 1.82) is 0 Å². The van der Waals surface area contributed by atoms with Crippen LogP contribution in [0.15, 0.2) is 48.1 Å². The summed E-state index contributed by atoms with van der Waals surface area (Å²) in [7, 11) is 0. The van der Waals surface area contributed by atoms with Gasteiger partial charge in [-0.2, -0.15) is 0 Å². The Balaban J connectivity index is 1.66. The second-order valence-corrected chi connectivity index (χ2v) is 6.23. The molecule has 0 atom stereocenters. The zero-order valence-electron chi connectivity index (χ0n) is 12.4. The fraction of sp³-hybridized carbons (Fsp3) is 0.111. The first kappa shape index (κ1) is 14.1. The number of nitrogens with one attached hydrogen (secondary N) is 1. The number of hydrogen-bond acceptors (Lipinski definition) is 5. The van der Waals surface area contributed by atoms with Crippen LogP contribution in [0.4, 0.5) is 5.69 Å². The molecule has 23 heavy (non-hydrogen) atoms. The number of rotatable bonds is 3. The molecule has 4 rings (SSSR count). The normalized spacial score (nSPS) is 13.2. The van der Waals surface area contributed by atoms with Crippen molar-refractivity contribution in [2.24, 2.45) is 0 Å². The Morgan fingerprint density at radius 2 is 2.04 bits per heavy atom. The van der Waals surface area contributed by atoms with Crippen molar-refractivity contribution in [3.63, 3.8) is 0 Å². The van der Waals surface area contributed by atoms with Crippen molar-refractivity contribution < 1.29 is 5.11 Å². The van der Waals surface area contributed by atoms with Crippen LogP contribution < -0.4 is 5.32 Å². The van der Waals surface area contributed by atoms with Crippen LogP contribution in [-0.2, 0) is 6.61 Å².